The minimum atomic E-state index is -0.322. The lowest BCUT2D eigenvalue weighted by atomic mass is 10.1. The first-order valence-electron chi connectivity index (χ1n) is 4.99. The Kier molecular flexibility index (Phi) is 11.6. The summed E-state index contributed by atoms with van der Waals surface area (Å²) in [7, 11) is 15.3. The van der Waals surface area contributed by atoms with Gasteiger partial charge in [0.05, 0.1) is 13.6 Å². The Labute approximate surface area is 122 Å². The first kappa shape index (κ1) is 18.8. The Morgan fingerprint density at radius 3 is 2.53 bits per heavy atom. The molecule has 1 aliphatic heterocycles. The van der Waals surface area contributed by atoms with Crippen LogP contribution in [-0.2, 0) is 4.52 Å². The van der Waals surface area contributed by atoms with Gasteiger partial charge in [-0.15, -0.1) is 8.93 Å². The lowest BCUT2D eigenvalue weighted by Gasteiger charge is -2.23. The Hall–Kier alpha value is 3.75. The normalized spacial score (nSPS) is 29.3. The van der Waals surface area contributed by atoms with Crippen LogP contribution in [0.2, 0.25) is 0 Å². The fourth-order valence-corrected chi connectivity index (χ4v) is 6.19. The van der Waals surface area contributed by atoms with Crippen molar-refractivity contribution in [2.24, 2.45) is 5.92 Å². The molecule has 17 heavy (non-hydrogen) atoms. The van der Waals surface area contributed by atoms with Crippen LogP contribution in [0.25, 0.3) is 0 Å². The number of hydrogen-bond donors (Lipinski definition) is 1. The molecule has 0 saturated carbocycles. The van der Waals surface area contributed by atoms with Gasteiger partial charge in [-0.05, 0) is 23.8 Å². The first-order valence-corrected chi connectivity index (χ1v) is 18.8. The Morgan fingerprint density at radius 1 is 1.29 bits per heavy atom. The maximum atomic E-state index is 6.16. The third-order valence-electron chi connectivity index (χ3n) is 2.48. The second kappa shape index (κ2) is 10.5. The molecule has 12 heteroatoms. The molecule has 1 N–H and O–H groups in total. The summed E-state index contributed by atoms with van der Waals surface area (Å²) in [6, 6.07) is 0. The van der Waals surface area contributed by atoms with E-state index in [1.165, 1.54) is 0 Å². The molecule has 0 aliphatic carbocycles. The standard InChI is InChI=1S/C5H21N2OP9/c9-14-7-2-4(1-6-16(11)12)5(3-7)8-17(13)15-10/h4-6,14-15H,1-3,9-13H2/t4-,5+,17?/m1/s1. The molecule has 0 aromatic carbocycles. The number of hydrogen-bond acceptors (Lipinski definition) is 3. The molecule has 8 unspecified atom stereocenters. The zero-order chi connectivity index (χ0) is 12.8. The maximum Gasteiger partial charge on any atom is 0.0809 e. The molecule has 0 bridgehead atoms. The van der Waals surface area contributed by atoms with E-state index in [-0.39, 0.29) is 15.0 Å². The van der Waals surface area contributed by atoms with Gasteiger partial charge in [0.25, 0.3) is 0 Å². The molecular formula is C5H21N2OP9. The molecule has 1 heterocycles. The molecule has 102 valence electrons. The van der Waals surface area contributed by atoms with E-state index < -0.39 is 0 Å². The SMILES string of the molecule is PPN1C[C@@H](CNP(P)P)[C@@H](OP(P)PP)C1. The van der Waals surface area contributed by atoms with E-state index in [1.54, 1.807) is 0 Å². The molecule has 1 aliphatic rings. The summed E-state index contributed by atoms with van der Waals surface area (Å²) in [5.41, 5.74) is 0. The van der Waals surface area contributed by atoms with Crippen LogP contribution < -0.4 is 5.09 Å². The average molecular weight is 404 g/mol. The van der Waals surface area contributed by atoms with E-state index in [0.29, 0.717) is 12.0 Å². The highest BCUT2D eigenvalue weighted by atomic mass is 32.6. The van der Waals surface area contributed by atoms with Crippen LogP contribution in [0, 0.1) is 5.92 Å². The van der Waals surface area contributed by atoms with Crippen LogP contribution in [-0.4, -0.2) is 30.4 Å². The molecule has 1 fully saturated rings. The summed E-state index contributed by atoms with van der Waals surface area (Å²) in [5, 5.41) is 3.53. The molecule has 0 radical (unpaired) electrons. The van der Waals surface area contributed by atoms with Crippen molar-refractivity contribution in [3.8, 4) is 0 Å². The van der Waals surface area contributed by atoms with Crippen LogP contribution in [0.4, 0.5) is 0 Å². The topological polar surface area (TPSA) is 24.5 Å². The summed E-state index contributed by atoms with van der Waals surface area (Å²) >= 11 is 0. The smallest absolute Gasteiger partial charge is 0.0809 e. The van der Waals surface area contributed by atoms with Gasteiger partial charge in [0.1, 0.15) is 0 Å². The van der Waals surface area contributed by atoms with Crippen molar-refractivity contribution in [2.75, 3.05) is 19.6 Å². The zero-order valence-electron chi connectivity index (χ0n) is 9.41. The molecule has 1 rings (SSSR count). The predicted molar refractivity (Wildman–Crippen MR) is 107 cm³/mol. The van der Waals surface area contributed by atoms with E-state index >= 15 is 0 Å². The van der Waals surface area contributed by atoms with Crippen molar-refractivity contribution in [1.82, 2.24) is 9.76 Å². The van der Waals surface area contributed by atoms with Gasteiger partial charge in [0, 0.05) is 25.6 Å². The van der Waals surface area contributed by atoms with E-state index in [1.807, 2.05) is 0 Å². The van der Waals surface area contributed by atoms with Gasteiger partial charge in [-0.3, -0.25) is 9.76 Å². The molecule has 0 spiro atoms. The van der Waals surface area contributed by atoms with Gasteiger partial charge in [0.2, 0.25) is 0 Å². The minimum Gasteiger partial charge on any atom is -0.346 e. The Balaban J connectivity index is 2.45. The van der Waals surface area contributed by atoms with Crippen molar-refractivity contribution >= 4 is 76.0 Å². The van der Waals surface area contributed by atoms with Gasteiger partial charge >= 0.3 is 0 Å². The van der Waals surface area contributed by atoms with Crippen molar-refractivity contribution in [3.63, 3.8) is 0 Å². The zero-order valence-corrected chi connectivity index (χ0v) is 19.0. The second-order valence-corrected chi connectivity index (χ2v) is 20.1. The molecule has 1 saturated heterocycles. The van der Waals surface area contributed by atoms with Crippen molar-refractivity contribution in [1.29, 1.82) is 0 Å². The van der Waals surface area contributed by atoms with Gasteiger partial charge < -0.3 is 4.52 Å². The Morgan fingerprint density at radius 2 is 2.00 bits per heavy atom. The molecule has 10 atom stereocenters. The second-order valence-electron chi connectivity index (χ2n) is 3.66. The van der Waals surface area contributed by atoms with E-state index in [2.05, 4.69) is 54.4 Å². The fourth-order valence-electron chi connectivity index (χ4n) is 1.66. The summed E-state index contributed by atoms with van der Waals surface area (Å²) in [6.45, 7) is 3.30. The molecule has 0 aromatic heterocycles. The largest absolute Gasteiger partial charge is 0.346 e. The minimum absolute atomic E-state index is 0.174. The van der Waals surface area contributed by atoms with Gasteiger partial charge in [-0.2, -0.15) is 0 Å². The highest BCUT2D eigenvalue weighted by Gasteiger charge is 2.33. The van der Waals surface area contributed by atoms with Crippen LogP contribution in [0.15, 0.2) is 0 Å². The van der Waals surface area contributed by atoms with Gasteiger partial charge in [-0.25, -0.2) is 0 Å². The molecule has 3 nitrogen and oxygen atoms in total. The van der Waals surface area contributed by atoms with Crippen LogP contribution in [0.1, 0.15) is 0 Å². The number of nitrogens with one attached hydrogen (secondary N) is 1. The van der Waals surface area contributed by atoms with E-state index in [4.69, 9.17) is 4.52 Å². The van der Waals surface area contributed by atoms with E-state index in [0.717, 1.165) is 36.0 Å². The summed E-state index contributed by atoms with van der Waals surface area (Å²) < 4.78 is 8.65. The summed E-state index contributed by atoms with van der Waals surface area (Å²) in [5.74, 6) is 0.626. The fraction of sp³-hybridized carbons (Fsp3) is 1.00. The third-order valence-corrected chi connectivity index (χ3v) is 14.5. The summed E-state index contributed by atoms with van der Waals surface area (Å²) in [4.78, 5) is 0. The average Bonchev–Trinajstić information content (AvgIpc) is 2.68. The molecule has 0 aromatic rings. The lowest BCUT2D eigenvalue weighted by Crippen LogP contribution is -2.27. The van der Waals surface area contributed by atoms with Crippen molar-refractivity contribution < 1.29 is 4.52 Å². The highest BCUT2D eigenvalue weighted by Crippen LogP contribution is 2.67. The van der Waals surface area contributed by atoms with Crippen LogP contribution >= 0.6 is 76.0 Å². The maximum absolute atomic E-state index is 6.16. The quantitative estimate of drug-likeness (QED) is 0.654. The molecular weight excluding hydrogens is 383 g/mol. The van der Waals surface area contributed by atoms with Crippen molar-refractivity contribution in [2.45, 2.75) is 6.10 Å². The molecule has 0 amide bonds. The lowest BCUT2D eigenvalue weighted by molar-refractivity contribution is 0.202. The van der Waals surface area contributed by atoms with Gasteiger partial charge in [-0.1, -0.05) is 35.7 Å². The highest BCUT2D eigenvalue weighted by molar-refractivity contribution is 8.59. The van der Waals surface area contributed by atoms with Crippen molar-refractivity contribution in [3.05, 3.63) is 0 Å². The van der Waals surface area contributed by atoms with E-state index in [9.17, 15) is 0 Å². The number of nitrogens with zero attached hydrogens (tertiary/aromatic N) is 1. The third kappa shape index (κ3) is 7.53. The summed E-state index contributed by atoms with van der Waals surface area (Å²) in [6.07, 6.45) is 0.400. The van der Waals surface area contributed by atoms with Gasteiger partial charge in [0.15, 0.2) is 0 Å². The van der Waals surface area contributed by atoms with Crippen LogP contribution in [0.3, 0.4) is 0 Å². The Bertz CT molecular complexity index is 222. The predicted octanol–water partition coefficient (Wildman–Crippen LogP) is 3.82. The number of rotatable bonds is 7. The van der Waals surface area contributed by atoms with Crippen LogP contribution in [0.5, 0.6) is 0 Å². The monoisotopic (exact) mass is 404 g/mol. The first-order chi connectivity index (χ1) is 8.06.